The molecule has 14 atom stereocenters. The van der Waals surface area contributed by atoms with Gasteiger partial charge in [-0.2, -0.15) is 0 Å². The van der Waals surface area contributed by atoms with E-state index < -0.39 is 110 Å². The Balaban J connectivity index is 1.62. The standard InChI is InChI=1S/C30H48F4N2O11/c1-12-19(38)20(39)21(40)30(43-12)46-23-15(26(31)32)9-6-10-16(23)45-29-18(36-13(2)37)24(22(41)25(47-29)27(33)34)44-17(28(35)42)11-14-7-4-3-5-8-14/h12,14-27,29-30,38-41H,3-11H2,1-2H3,(H2,35,42)(H,36,37)/t12-,15+,16+,17-,18?,19?,20-,21-,22-,23?,24?,25+,29+,30?/m0/s1. The first-order valence-electron chi connectivity index (χ1n) is 16.3. The molecular formula is C30H48F4N2O11. The Kier molecular flexibility index (Phi) is 13.6. The Morgan fingerprint density at radius 1 is 0.830 bits per heavy atom. The van der Waals surface area contributed by atoms with E-state index >= 15 is 0 Å². The Bertz CT molecular complexity index is 1030. The van der Waals surface area contributed by atoms with Gasteiger partial charge < -0.3 is 55.2 Å². The second-order valence-electron chi connectivity index (χ2n) is 13.1. The van der Waals surface area contributed by atoms with Gasteiger partial charge in [-0.05, 0) is 32.1 Å². The lowest BCUT2D eigenvalue weighted by Gasteiger charge is -2.48. The summed E-state index contributed by atoms with van der Waals surface area (Å²) in [6, 6.07) is -1.51. The maximum Gasteiger partial charge on any atom is 0.267 e. The number of aliphatic hydroxyl groups excluding tert-OH is 4. The maximum absolute atomic E-state index is 14.3. The number of rotatable bonds is 12. The molecule has 0 aromatic carbocycles. The number of alkyl halides is 4. The van der Waals surface area contributed by atoms with E-state index in [0.29, 0.717) is 0 Å². The molecule has 7 N–H and O–H groups in total. The van der Waals surface area contributed by atoms with Gasteiger partial charge in [0.25, 0.3) is 6.43 Å². The highest BCUT2D eigenvalue weighted by Crippen LogP contribution is 2.39. The molecule has 4 aliphatic rings. The van der Waals surface area contributed by atoms with Gasteiger partial charge in [-0.15, -0.1) is 0 Å². The first-order valence-corrected chi connectivity index (χ1v) is 16.3. The summed E-state index contributed by atoms with van der Waals surface area (Å²) in [4.78, 5) is 24.8. The predicted octanol–water partition coefficient (Wildman–Crippen LogP) is 0.715. The molecule has 2 aliphatic carbocycles. The summed E-state index contributed by atoms with van der Waals surface area (Å²) in [6.45, 7) is 2.49. The Hall–Kier alpha value is -1.70. The molecule has 272 valence electrons. The van der Waals surface area contributed by atoms with Gasteiger partial charge in [0.05, 0.1) is 18.3 Å². The smallest absolute Gasteiger partial charge is 0.267 e. The average Bonchev–Trinajstić information content (AvgIpc) is 3.01. The van der Waals surface area contributed by atoms with Gasteiger partial charge in [0.1, 0.15) is 48.8 Å². The van der Waals surface area contributed by atoms with E-state index in [1.165, 1.54) is 6.92 Å². The van der Waals surface area contributed by atoms with Crippen molar-refractivity contribution in [2.75, 3.05) is 0 Å². The highest BCUT2D eigenvalue weighted by atomic mass is 19.3. The van der Waals surface area contributed by atoms with Crippen molar-refractivity contribution < 1.29 is 71.3 Å². The number of amides is 2. The van der Waals surface area contributed by atoms with Gasteiger partial charge in [-0.1, -0.05) is 38.5 Å². The van der Waals surface area contributed by atoms with Crippen LogP contribution in [0.5, 0.6) is 0 Å². The molecule has 0 bridgehead atoms. The number of aliphatic hydroxyl groups is 4. The highest BCUT2D eigenvalue weighted by molar-refractivity contribution is 5.79. The summed E-state index contributed by atoms with van der Waals surface area (Å²) in [5, 5.41) is 44.3. The van der Waals surface area contributed by atoms with Crippen molar-refractivity contribution in [3.63, 3.8) is 0 Å². The van der Waals surface area contributed by atoms with Crippen molar-refractivity contribution in [1.82, 2.24) is 5.32 Å². The SMILES string of the molecule is CC(=O)NC1C(O[C@@H](CC2CCCCC2)C(N)=O)[C@H](O)[C@H](C(F)F)O[C@H]1O[C@@H]1CCC[C@@H](C(F)F)C1OC1O[C@@H](C)C(O)[C@H](O)[C@@H]1O. The Morgan fingerprint density at radius 2 is 1.51 bits per heavy atom. The van der Waals surface area contributed by atoms with E-state index in [-0.39, 0.29) is 31.6 Å². The number of primary amides is 1. The fourth-order valence-electron chi connectivity index (χ4n) is 7.12. The van der Waals surface area contributed by atoms with Crippen LogP contribution in [0.1, 0.15) is 71.6 Å². The van der Waals surface area contributed by atoms with Gasteiger partial charge in [0.15, 0.2) is 12.6 Å². The number of carbonyl (C=O) groups excluding carboxylic acids is 2. The number of hydrogen-bond donors (Lipinski definition) is 6. The molecule has 0 aromatic rings. The maximum atomic E-state index is 14.3. The minimum absolute atomic E-state index is 0.0437. The zero-order chi connectivity index (χ0) is 34.6. The third-order valence-corrected chi connectivity index (χ3v) is 9.69. The van der Waals surface area contributed by atoms with E-state index in [1.54, 1.807) is 0 Å². The molecule has 0 radical (unpaired) electrons. The first kappa shape index (κ1) is 38.1. The van der Waals surface area contributed by atoms with Crippen molar-refractivity contribution in [2.24, 2.45) is 17.6 Å². The van der Waals surface area contributed by atoms with Crippen LogP contribution in [0, 0.1) is 11.8 Å². The second kappa shape index (κ2) is 16.8. The van der Waals surface area contributed by atoms with E-state index in [9.17, 15) is 47.6 Å². The molecule has 4 fully saturated rings. The lowest BCUT2D eigenvalue weighted by molar-refractivity contribution is -0.344. The molecule has 13 nitrogen and oxygen atoms in total. The van der Waals surface area contributed by atoms with Crippen LogP contribution < -0.4 is 11.1 Å². The number of hydrogen-bond acceptors (Lipinski definition) is 11. The molecule has 2 heterocycles. The summed E-state index contributed by atoms with van der Waals surface area (Å²) in [7, 11) is 0. The van der Waals surface area contributed by atoms with Crippen LogP contribution >= 0.6 is 0 Å². The minimum atomic E-state index is -3.29. The largest absolute Gasteiger partial charge is 0.388 e. The van der Waals surface area contributed by atoms with Crippen LogP contribution in [0.2, 0.25) is 0 Å². The molecule has 4 rings (SSSR count). The molecule has 47 heavy (non-hydrogen) atoms. The third kappa shape index (κ3) is 9.30. The minimum Gasteiger partial charge on any atom is -0.388 e. The molecule has 2 saturated heterocycles. The van der Waals surface area contributed by atoms with E-state index in [1.807, 2.05) is 0 Å². The van der Waals surface area contributed by atoms with Crippen LogP contribution in [-0.2, 0) is 33.3 Å². The topological polar surface area (TPSA) is 199 Å². The van der Waals surface area contributed by atoms with Gasteiger partial charge in [-0.25, -0.2) is 17.6 Å². The summed E-state index contributed by atoms with van der Waals surface area (Å²) in [5.41, 5.74) is 5.63. The van der Waals surface area contributed by atoms with Gasteiger partial charge in [0, 0.05) is 12.8 Å². The predicted molar refractivity (Wildman–Crippen MR) is 153 cm³/mol. The molecule has 2 saturated carbocycles. The first-order chi connectivity index (χ1) is 22.2. The van der Waals surface area contributed by atoms with E-state index in [2.05, 4.69) is 5.32 Å². The van der Waals surface area contributed by atoms with E-state index in [0.717, 1.165) is 39.0 Å². The summed E-state index contributed by atoms with van der Waals surface area (Å²) >= 11 is 0. The third-order valence-electron chi connectivity index (χ3n) is 9.69. The van der Waals surface area contributed by atoms with Gasteiger partial charge >= 0.3 is 0 Å². The Labute approximate surface area is 270 Å². The summed E-state index contributed by atoms with van der Waals surface area (Å²) < 4.78 is 85.9. The fourth-order valence-corrected chi connectivity index (χ4v) is 7.12. The quantitative estimate of drug-likeness (QED) is 0.158. The lowest BCUT2D eigenvalue weighted by Crippen LogP contribution is -2.68. The molecule has 0 aromatic heterocycles. The van der Waals surface area contributed by atoms with E-state index in [4.69, 9.17) is 29.4 Å². The number of ether oxygens (including phenoxy) is 5. The second-order valence-corrected chi connectivity index (χ2v) is 13.1. The van der Waals surface area contributed by atoms with Crippen LogP contribution in [0.15, 0.2) is 0 Å². The zero-order valence-corrected chi connectivity index (χ0v) is 26.4. The summed E-state index contributed by atoms with van der Waals surface area (Å²) in [5.74, 6) is -3.03. The van der Waals surface area contributed by atoms with Crippen LogP contribution in [0.3, 0.4) is 0 Å². The average molecular weight is 689 g/mol. The van der Waals surface area contributed by atoms with Crippen molar-refractivity contribution in [1.29, 1.82) is 0 Å². The highest BCUT2D eigenvalue weighted by Gasteiger charge is 2.54. The molecule has 17 heteroatoms. The number of nitrogens with two attached hydrogens (primary N) is 1. The molecule has 5 unspecified atom stereocenters. The molecule has 2 amide bonds. The van der Waals surface area contributed by atoms with Crippen LogP contribution in [-0.4, -0.2) is 125 Å². The fraction of sp³-hybridized carbons (Fsp3) is 0.933. The number of halogens is 4. The van der Waals surface area contributed by atoms with Crippen molar-refractivity contribution in [3.8, 4) is 0 Å². The van der Waals surface area contributed by atoms with Crippen molar-refractivity contribution in [3.05, 3.63) is 0 Å². The lowest BCUT2D eigenvalue weighted by atomic mass is 9.84. The number of nitrogens with one attached hydrogen (secondary N) is 1. The normalized spacial score (nSPS) is 41.1. The molecule has 2 aliphatic heterocycles. The zero-order valence-electron chi connectivity index (χ0n) is 26.4. The number of carbonyl (C=O) groups is 2. The Morgan fingerprint density at radius 3 is 2.11 bits per heavy atom. The van der Waals surface area contributed by atoms with Crippen molar-refractivity contribution in [2.45, 2.75) is 164 Å². The molecule has 0 spiro atoms. The monoisotopic (exact) mass is 688 g/mol. The molecular weight excluding hydrogens is 640 g/mol. The van der Waals surface area contributed by atoms with Crippen molar-refractivity contribution >= 4 is 11.8 Å². The van der Waals surface area contributed by atoms with Crippen LogP contribution in [0.4, 0.5) is 17.6 Å². The summed E-state index contributed by atoms with van der Waals surface area (Å²) in [6.07, 6.45) is -21.1. The van der Waals surface area contributed by atoms with Crippen LogP contribution in [0.25, 0.3) is 0 Å². The van der Waals surface area contributed by atoms with Gasteiger partial charge in [-0.3, -0.25) is 9.59 Å². The van der Waals surface area contributed by atoms with Gasteiger partial charge in [0.2, 0.25) is 18.2 Å².